The van der Waals surface area contributed by atoms with E-state index in [-0.39, 0.29) is 11.7 Å². The van der Waals surface area contributed by atoms with Crippen molar-refractivity contribution in [3.8, 4) is 11.5 Å². The zero-order chi connectivity index (χ0) is 19.1. The molecule has 0 radical (unpaired) electrons. The molecule has 2 rings (SSSR count). The lowest BCUT2D eigenvalue weighted by Gasteiger charge is -2.12. The number of nitrogens with one attached hydrogen (secondary N) is 1. The van der Waals surface area contributed by atoms with Crippen LogP contribution in [0.25, 0.3) is 0 Å². The molecule has 0 aliphatic carbocycles. The van der Waals surface area contributed by atoms with Crippen LogP contribution in [0.5, 0.6) is 11.5 Å². The molecule has 2 aromatic rings. The van der Waals surface area contributed by atoms with Crippen LogP contribution >= 0.6 is 0 Å². The molecule has 0 saturated carbocycles. The molecule has 140 valence electrons. The molecule has 1 aromatic carbocycles. The summed E-state index contributed by atoms with van der Waals surface area (Å²) in [6.45, 7) is 5.79. The monoisotopic (exact) mass is 362 g/mol. The summed E-state index contributed by atoms with van der Waals surface area (Å²) in [5, 5.41) is 15.4. The van der Waals surface area contributed by atoms with Crippen molar-refractivity contribution in [3.63, 3.8) is 0 Å². The molecule has 0 spiro atoms. The van der Waals surface area contributed by atoms with Crippen LogP contribution in [-0.4, -0.2) is 41.9 Å². The van der Waals surface area contributed by atoms with E-state index in [4.69, 9.17) is 19.1 Å². The van der Waals surface area contributed by atoms with E-state index in [9.17, 15) is 9.59 Å². The van der Waals surface area contributed by atoms with Crippen LogP contribution in [0.1, 0.15) is 34.3 Å². The lowest BCUT2D eigenvalue weighted by atomic mass is 10.1. The second kappa shape index (κ2) is 8.89. The quantitative estimate of drug-likeness (QED) is 0.703. The minimum atomic E-state index is -1.09. The summed E-state index contributed by atoms with van der Waals surface area (Å²) in [4.78, 5) is 23.0. The van der Waals surface area contributed by atoms with Gasteiger partial charge in [-0.1, -0.05) is 5.16 Å². The van der Waals surface area contributed by atoms with E-state index in [0.29, 0.717) is 30.9 Å². The Hall–Kier alpha value is -3.03. The van der Waals surface area contributed by atoms with E-state index in [1.807, 2.05) is 13.8 Å². The van der Waals surface area contributed by atoms with Gasteiger partial charge < -0.3 is 24.4 Å². The summed E-state index contributed by atoms with van der Waals surface area (Å²) in [6.07, 6.45) is 0.616. The van der Waals surface area contributed by atoms with Crippen LogP contribution in [0, 0.1) is 13.8 Å². The molecule has 1 heterocycles. The van der Waals surface area contributed by atoms with Gasteiger partial charge >= 0.3 is 5.97 Å². The van der Waals surface area contributed by atoms with Crippen molar-refractivity contribution < 1.29 is 28.7 Å². The number of rotatable bonds is 9. The Morgan fingerprint density at radius 2 is 2.00 bits per heavy atom. The van der Waals surface area contributed by atoms with Crippen LogP contribution in [-0.2, 0) is 11.2 Å². The van der Waals surface area contributed by atoms with Gasteiger partial charge in [-0.05, 0) is 45.4 Å². The molecular weight excluding hydrogens is 340 g/mol. The third kappa shape index (κ3) is 4.98. The molecule has 1 amide bonds. The van der Waals surface area contributed by atoms with Gasteiger partial charge in [0, 0.05) is 17.7 Å². The topological polar surface area (TPSA) is 111 Å². The Bertz CT molecular complexity index is 764. The van der Waals surface area contributed by atoms with Crippen molar-refractivity contribution in [1.29, 1.82) is 0 Å². The molecule has 0 fully saturated rings. The normalized spacial score (nSPS) is 10.4. The molecule has 26 heavy (non-hydrogen) atoms. The molecule has 1 aromatic heterocycles. The summed E-state index contributed by atoms with van der Waals surface area (Å²) in [5.74, 6) is 0.0000435. The van der Waals surface area contributed by atoms with Crippen molar-refractivity contribution in [2.24, 2.45) is 0 Å². The highest BCUT2D eigenvalue weighted by atomic mass is 16.5. The fourth-order valence-electron chi connectivity index (χ4n) is 2.44. The maximum Gasteiger partial charge on any atom is 0.341 e. The average molecular weight is 362 g/mol. The summed E-state index contributed by atoms with van der Waals surface area (Å²) in [5.41, 5.74) is 2.20. The lowest BCUT2D eigenvalue weighted by molar-refractivity contribution is -0.139. The first kappa shape index (κ1) is 19.3. The first-order chi connectivity index (χ1) is 12.4. The van der Waals surface area contributed by atoms with Crippen LogP contribution in [0.2, 0.25) is 0 Å². The lowest BCUT2D eigenvalue weighted by Crippen LogP contribution is -2.26. The average Bonchev–Trinajstić information content (AvgIpc) is 2.92. The number of hydrogen-bond acceptors (Lipinski definition) is 6. The number of carbonyl (C=O) groups excluding carboxylic acids is 1. The summed E-state index contributed by atoms with van der Waals surface area (Å²) >= 11 is 0. The van der Waals surface area contributed by atoms with Gasteiger partial charge in [-0.2, -0.15) is 0 Å². The molecule has 8 nitrogen and oxygen atoms in total. The van der Waals surface area contributed by atoms with Crippen molar-refractivity contribution in [3.05, 3.63) is 40.8 Å². The number of aliphatic carboxylic acids is 1. The predicted octanol–water partition coefficient (Wildman–Crippen LogP) is 2.13. The molecule has 0 unspecified atom stereocenters. The Morgan fingerprint density at radius 1 is 1.23 bits per heavy atom. The number of carbonyl (C=O) groups is 2. The maximum atomic E-state index is 12.3. The maximum absolute atomic E-state index is 12.3. The van der Waals surface area contributed by atoms with Gasteiger partial charge in [0.15, 0.2) is 18.1 Å². The molecule has 0 bridgehead atoms. The minimum absolute atomic E-state index is 0.262. The van der Waals surface area contributed by atoms with Crippen LogP contribution in [0.4, 0.5) is 0 Å². The molecule has 2 N–H and O–H groups in total. The molecule has 0 aliphatic heterocycles. The van der Waals surface area contributed by atoms with Gasteiger partial charge in [0.1, 0.15) is 5.76 Å². The van der Waals surface area contributed by atoms with E-state index in [0.717, 1.165) is 17.0 Å². The number of amides is 1. The highest BCUT2D eigenvalue weighted by Gasteiger charge is 2.14. The largest absolute Gasteiger partial charge is 0.490 e. The molecule has 8 heteroatoms. The van der Waals surface area contributed by atoms with E-state index in [2.05, 4.69) is 10.5 Å². The number of benzene rings is 1. The Balaban J connectivity index is 2.01. The number of ether oxygens (including phenoxy) is 2. The standard InChI is InChI=1S/C18H22N2O6/c1-4-24-16-9-13(5-6-15(16)25-10-17(21)22)18(23)19-8-7-14-11(2)20-26-12(14)3/h5-6,9H,4,7-8,10H2,1-3H3,(H,19,23)(H,21,22). The van der Waals surface area contributed by atoms with Crippen molar-refractivity contribution in [2.45, 2.75) is 27.2 Å². The molecule has 0 saturated heterocycles. The Morgan fingerprint density at radius 3 is 2.62 bits per heavy atom. The second-order valence-corrected chi connectivity index (χ2v) is 5.59. The SMILES string of the molecule is CCOc1cc(C(=O)NCCc2c(C)noc2C)ccc1OCC(=O)O. The third-order valence-corrected chi connectivity index (χ3v) is 3.70. The van der Waals surface area contributed by atoms with Gasteiger partial charge in [-0.25, -0.2) is 4.79 Å². The summed E-state index contributed by atoms with van der Waals surface area (Å²) < 4.78 is 15.7. The molecule has 0 atom stereocenters. The van der Waals surface area contributed by atoms with E-state index >= 15 is 0 Å². The van der Waals surface area contributed by atoms with Crippen molar-refractivity contribution in [1.82, 2.24) is 10.5 Å². The number of carboxylic acid groups (broad SMARTS) is 1. The third-order valence-electron chi connectivity index (χ3n) is 3.70. The molecular formula is C18H22N2O6. The van der Waals surface area contributed by atoms with Crippen LogP contribution in [0.15, 0.2) is 22.7 Å². The van der Waals surface area contributed by atoms with Crippen molar-refractivity contribution in [2.75, 3.05) is 19.8 Å². The Kier molecular flexibility index (Phi) is 6.60. The highest BCUT2D eigenvalue weighted by Crippen LogP contribution is 2.28. The highest BCUT2D eigenvalue weighted by molar-refractivity contribution is 5.94. The fourth-order valence-corrected chi connectivity index (χ4v) is 2.44. The minimum Gasteiger partial charge on any atom is -0.490 e. The van der Waals surface area contributed by atoms with Gasteiger partial charge in [0.05, 0.1) is 12.3 Å². The molecule has 0 aliphatic rings. The fraction of sp³-hybridized carbons (Fsp3) is 0.389. The zero-order valence-corrected chi connectivity index (χ0v) is 15.0. The number of carboxylic acids is 1. The zero-order valence-electron chi connectivity index (χ0n) is 15.0. The van der Waals surface area contributed by atoms with Crippen molar-refractivity contribution >= 4 is 11.9 Å². The summed E-state index contributed by atoms with van der Waals surface area (Å²) in [6, 6.07) is 4.62. The number of aromatic nitrogens is 1. The Labute approximate surface area is 151 Å². The second-order valence-electron chi connectivity index (χ2n) is 5.59. The van der Waals surface area contributed by atoms with Gasteiger partial charge in [-0.3, -0.25) is 4.79 Å². The predicted molar refractivity (Wildman–Crippen MR) is 92.8 cm³/mol. The smallest absolute Gasteiger partial charge is 0.341 e. The summed E-state index contributed by atoms with van der Waals surface area (Å²) in [7, 11) is 0. The number of hydrogen-bond donors (Lipinski definition) is 2. The number of nitrogens with zero attached hydrogens (tertiary/aromatic N) is 1. The van der Waals surface area contributed by atoms with Crippen LogP contribution in [0.3, 0.4) is 0 Å². The number of aryl methyl sites for hydroxylation is 2. The first-order valence-electron chi connectivity index (χ1n) is 8.23. The van der Waals surface area contributed by atoms with E-state index in [1.54, 1.807) is 13.0 Å². The van der Waals surface area contributed by atoms with Gasteiger partial charge in [-0.15, -0.1) is 0 Å². The van der Waals surface area contributed by atoms with E-state index in [1.165, 1.54) is 12.1 Å². The van der Waals surface area contributed by atoms with Crippen LogP contribution < -0.4 is 14.8 Å². The first-order valence-corrected chi connectivity index (χ1v) is 8.23. The van der Waals surface area contributed by atoms with Gasteiger partial charge in [0.2, 0.25) is 0 Å². The van der Waals surface area contributed by atoms with E-state index < -0.39 is 12.6 Å². The van der Waals surface area contributed by atoms with Gasteiger partial charge in [0.25, 0.3) is 5.91 Å².